The minimum Gasteiger partial charge on any atom is -0.385 e. The Labute approximate surface area is 159 Å². The molecule has 3 rings (SSSR count). The van der Waals surface area contributed by atoms with Crippen LogP contribution in [0.15, 0.2) is 54.6 Å². The van der Waals surface area contributed by atoms with Gasteiger partial charge in [0.15, 0.2) is 0 Å². The molecule has 1 saturated heterocycles. The summed E-state index contributed by atoms with van der Waals surface area (Å²) in [7, 11) is 0. The van der Waals surface area contributed by atoms with Crippen molar-refractivity contribution in [2.24, 2.45) is 0 Å². The van der Waals surface area contributed by atoms with Gasteiger partial charge in [0, 0.05) is 37.6 Å². The topological polar surface area (TPSA) is 52.6 Å². The third-order valence-corrected chi connectivity index (χ3v) is 5.26. The van der Waals surface area contributed by atoms with Crippen molar-refractivity contribution < 1.29 is 9.90 Å². The fraction of sp³-hybridized carbons (Fsp3) is 0.381. The molecule has 5 heteroatoms. The number of halogens is 1. The SMILES string of the molecule is O=C(CCN1CCC(O)(c2ccccc2)CC1)NCc1cccc(Cl)c1. The fourth-order valence-electron chi connectivity index (χ4n) is 3.38. The first-order valence-electron chi connectivity index (χ1n) is 9.07. The Morgan fingerprint density at radius 2 is 1.85 bits per heavy atom. The van der Waals surface area contributed by atoms with Crippen molar-refractivity contribution >= 4 is 17.5 Å². The van der Waals surface area contributed by atoms with Gasteiger partial charge in [0.25, 0.3) is 0 Å². The molecule has 1 aliphatic rings. The van der Waals surface area contributed by atoms with Gasteiger partial charge in [-0.2, -0.15) is 0 Å². The lowest BCUT2D eigenvalue weighted by Gasteiger charge is -2.38. The first-order chi connectivity index (χ1) is 12.5. The van der Waals surface area contributed by atoms with Gasteiger partial charge in [-0.1, -0.05) is 54.1 Å². The lowest BCUT2D eigenvalue weighted by molar-refractivity contribution is -0.121. The number of carbonyl (C=O) groups excluding carboxylic acids is 1. The monoisotopic (exact) mass is 372 g/mol. The number of amides is 1. The van der Waals surface area contributed by atoms with Gasteiger partial charge in [-0.25, -0.2) is 0 Å². The number of nitrogens with one attached hydrogen (secondary N) is 1. The predicted octanol–water partition coefficient (Wildman–Crippen LogP) is 3.33. The number of rotatable bonds is 6. The number of piperidine rings is 1. The van der Waals surface area contributed by atoms with Crippen molar-refractivity contribution in [2.75, 3.05) is 19.6 Å². The Morgan fingerprint density at radius 3 is 2.54 bits per heavy atom. The molecule has 1 amide bonds. The molecule has 1 fully saturated rings. The van der Waals surface area contributed by atoms with E-state index in [0.717, 1.165) is 24.2 Å². The predicted molar refractivity (Wildman–Crippen MR) is 104 cm³/mol. The smallest absolute Gasteiger partial charge is 0.221 e. The quantitative estimate of drug-likeness (QED) is 0.817. The van der Waals surface area contributed by atoms with Crippen molar-refractivity contribution in [3.05, 3.63) is 70.7 Å². The second-order valence-electron chi connectivity index (χ2n) is 6.90. The molecule has 0 spiro atoms. The highest BCUT2D eigenvalue weighted by molar-refractivity contribution is 6.30. The number of aliphatic hydroxyl groups is 1. The number of hydrogen-bond donors (Lipinski definition) is 2. The normalized spacial score (nSPS) is 17.0. The van der Waals surface area contributed by atoms with E-state index >= 15 is 0 Å². The Kier molecular flexibility index (Phi) is 6.30. The van der Waals surface area contributed by atoms with Crippen LogP contribution in [0, 0.1) is 0 Å². The lowest BCUT2D eigenvalue weighted by Crippen LogP contribution is -2.43. The molecule has 1 heterocycles. The highest BCUT2D eigenvalue weighted by Gasteiger charge is 2.33. The average molecular weight is 373 g/mol. The molecule has 0 aromatic heterocycles. The number of benzene rings is 2. The van der Waals surface area contributed by atoms with Gasteiger partial charge in [-0.3, -0.25) is 4.79 Å². The lowest BCUT2D eigenvalue weighted by atomic mass is 9.84. The van der Waals surface area contributed by atoms with Gasteiger partial charge < -0.3 is 15.3 Å². The zero-order valence-electron chi connectivity index (χ0n) is 14.8. The standard InChI is InChI=1S/C21H25ClN2O2/c22-19-8-4-5-17(15-19)16-23-20(25)9-12-24-13-10-21(26,11-14-24)18-6-2-1-3-7-18/h1-8,15,26H,9-14,16H2,(H,23,25). The third-order valence-electron chi connectivity index (χ3n) is 5.03. The van der Waals surface area contributed by atoms with Crippen LogP contribution in [-0.2, 0) is 16.9 Å². The molecule has 0 radical (unpaired) electrons. The summed E-state index contributed by atoms with van der Waals surface area (Å²) in [5, 5.41) is 14.5. The maximum absolute atomic E-state index is 12.1. The summed E-state index contributed by atoms with van der Waals surface area (Å²) in [5.74, 6) is 0.0360. The number of hydrogen-bond acceptors (Lipinski definition) is 3. The van der Waals surface area contributed by atoms with Crippen LogP contribution in [-0.4, -0.2) is 35.5 Å². The van der Waals surface area contributed by atoms with Crippen LogP contribution in [0.3, 0.4) is 0 Å². The van der Waals surface area contributed by atoms with Gasteiger partial charge in [0.2, 0.25) is 5.91 Å². The van der Waals surface area contributed by atoms with E-state index in [0.29, 0.717) is 37.4 Å². The summed E-state index contributed by atoms with van der Waals surface area (Å²) < 4.78 is 0. The number of nitrogens with zero attached hydrogens (tertiary/aromatic N) is 1. The summed E-state index contributed by atoms with van der Waals surface area (Å²) in [6.45, 7) is 2.80. The van der Waals surface area contributed by atoms with E-state index in [9.17, 15) is 9.90 Å². The summed E-state index contributed by atoms with van der Waals surface area (Å²) >= 11 is 5.95. The van der Waals surface area contributed by atoms with Crippen LogP contribution in [0.2, 0.25) is 5.02 Å². The van der Waals surface area contributed by atoms with Crippen LogP contribution >= 0.6 is 11.6 Å². The van der Waals surface area contributed by atoms with E-state index in [2.05, 4.69) is 10.2 Å². The molecule has 138 valence electrons. The van der Waals surface area contributed by atoms with Gasteiger partial charge in [0.1, 0.15) is 0 Å². The van der Waals surface area contributed by atoms with Gasteiger partial charge in [-0.15, -0.1) is 0 Å². The Hall–Kier alpha value is -1.88. The number of likely N-dealkylation sites (tertiary alicyclic amines) is 1. The Balaban J connectivity index is 1.40. The largest absolute Gasteiger partial charge is 0.385 e. The summed E-state index contributed by atoms with van der Waals surface area (Å²) in [6.07, 6.45) is 1.85. The maximum atomic E-state index is 12.1. The summed E-state index contributed by atoms with van der Waals surface area (Å²) in [5.41, 5.74) is 1.24. The molecule has 2 aromatic carbocycles. The molecule has 2 N–H and O–H groups in total. The maximum Gasteiger partial charge on any atom is 0.221 e. The van der Waals surface area contributed by atoms with Crippen LogP contribution in [0.25, 0.3) is 0 Å². The first kappa shape index (κ1) is 18.9. The summed E-state index contributed by atoms with van der Waals surface area (Å²) in [6, 6.07) is 17.4. The third kappa shape index (κ3) is 5.07. The molecule has 0 atom stereocenters. The first-order valence-corrected chi connectivity index (χ1v) is 9.44. The molecule has 0 bridgehead atoms. The highest BCUT2D eigenvalue weighted by Crippen LogP contribution is 2.32. The van der Waals surface area contributed by atoms with E-state index in [4.69, 9.17) is 11.6 Å². The average Bonchev–Trinajstić information content (AvgIpc) is 2.67. The van der Waals surface area contributed by atoms with Crippen LogP contribution in [0.1, 0.15) is 30.4 Å². The fourth-order valence-corrected chi connectivity index (χ4v) is 3.59. The molecule has 0 aliphatic carbocycles. The van der Waals surface area contributed by atoms with E-state index in [1.54, 1.807) is 0 Å². The Bertz CT molecular complexity index is 728. The van der Waals surface area contributed by atoms with Crippen LogP contribution in [0.5, 0.6) is 0 Å². The molecular formula is C21H25ClN2O2. The van der Waals surface area contributed by atoms with Crippen molar-refractivity contribution in [3.8, 4) is 0 Å². The molecule has 4 nitrogen and oxygen atoms in total. The zero-order valence-corrected chi connectivity index (χ0v) is 15.6. The van der Waals surface area contributed by atoms with Crippen molar-refractivity contribution in [2.45, 2.75) is 31.4 Å². The van der Waals surface area contributed by atoms with E-state index < -0.39 is 5.60 Å². The molecular weight excluding hydrogens is 348 g/mol. The van der Waals surface area contributed by atoms with E-state index in [1.807, 2.05) is 54.6 Å². The Morgan fingerprint density at radius 1 is 1.12 bits per heavy atom. The molecule has 26 heavy (non-hydrogen) atoms. The van der Waals surface area contributed by atoms with Gasteiger partial charge in [-0.05, 0) is 36.1 Å². The van der Waals surface area contributed by atoms with Crippen molar-refractivity contribution in [3.63, 3.8) is 0 Å². The minimum atomic E-state index is -0.743. The molecule has 0 saturated carbocycles. The second-order valence-corrected chi connectivity index (χ2v) is 7.33. The van der Waals surface area contributed by atoms with E-state index in [-0.39, 0.29) is 5.91 Å². The highest BCUT2D eigenvalue weighted by atomic mass is 35.5. The van der Waals surface area contributed by atoms with Gasteiger partial charge >= 0.3 is 0 Å². The molecule has 2 aromatic rings. The van der Waals surface area contributed by atoms with Crippen LogP contribution in [0.4, 0.5) is 0 Å². The molecule has 1 aliphatic heterocycles. The number of carbonyl (C=O) groups is 1. The van der Waals surface area contributed by atoms with Gasteiger partial charge in [0.05, 0.1) is 5.60 Å². The minimum absolute atomic E-state index is 0.0360. The summed E-state index contributed by atoms with van der Waals surface area (Å²) in [4.78, 5) is 14.3. The molecule has 0 unspecified atom stereocenters. The second kappa shape index (κ2) is 8.67. The zero-order chi connectivity index (χ0) is 18.4. The van der Waals surface area contributed by atoms with Crippen molar-refractivity contribution in [1.82, 2.24) is 10.2 Å². The van der Waals surface area contributed by atoms with Crippen LogP contribution < -0.4 is 5.32 Å². The van der Waals surface area contributed by atoms with E-state index in [1.165, 1.54) is 0 Å². The van der Waals surface area contributed by atoms with Crippen molar-refractivity contribution in [1.29, 1.82) is 0 Å².